The third-order valence-electron chi connectivity index (χ3n) is 4.57. The number of nitrogens with two attached hydrogens (primary N) is 2. The van der Waals surface area contributed by atoms with Gasteiger partial charge in [-0.05, 0) is 43.4 Å². The zero-order chi connectivity index (χ0) is 15.1. The van der Waals surface area contributed by atoms with Crippen molar-refractivity contribution in [3.05, 3.63) is 0 Å². The van der Waals surface area contributed by atoms with E-state index in [-0.39, 0.29) is 12.1 Å². The Morgan fingerprint density at radius 3 is 2.60 bits per heavy atom. The highest BCUT2D eigenvalue weighted by molar-refractivity contribution is 5.73. The molecule has 5 N–H and O–H groups in total. The lowest BCUT2D eigenvalue weighted by Crippen LogP contribution is -2.54. The van der Waals surface area contributed by atoms with E-state index in [1.54, 1.807) is 0 Å². The third-order valence-corrected chi connectivity index (χ3v) is 4.57. The zero-order valence-electron chi connectivity index (χ0n) is 13.3. The van der Waals surface area contributed by atoms with Gasteiger partial charge in [-0.2, -0.15) is 0 Å². The Labute approximate surface area is 123 Å². The number of hydrogen-bond acceptors (Lipinski definition) is 3. The molecule has 5 heteroatoms. The van der Waals surface area contributed by atoms with E-state index in [1.165, 1.54) is 37.1 Å². The molecule has 1 rings (SSSR count). The smallest absolute Gasteiger partial charge is 0.275 e. The molecule has 118 valence electrons. The third kappa shape index (κ3) is 4.94. The molecule has 0 radical (unpaired) electrons. The minimum Gasteiger partial charge on any atom is -0.275 e. The van der Waals surface area contributed by atoms with Crippen LogP contribution in [0.4, 0.5) is 4.79 Å². The lowest BCUT2D eigenvalue weighted by Gasteiger charge is -2.40. The van der Waals surface area contributed by atoms with Crippen LogP contribution in [-0.4, -0.2) is 17.1 Å². The van der Waals surface area contributed by atoms with Gasteiger partial charge in [0.15, 0.2) is 0 Å². The zero-order valence-corrected chi connectivity index (χ0v) is 13.3. The number of nitrogens with zero attached hydrogens (tertiary/aromatic N) is 1. The molecule has 0 bridgehead atoms. The van der Waals surface area contributed by atoms with E-state index in [0.29, 0.717) is 11.8 Å². The van der Waals surface area contributed by atoms with Gasteiger partial charge in [0.2, 0.25) is 0 Å². The summed E-state index contributed by atoms with van der Waals surface area (Å²) in [5.74, 6) is 13.2. The van der Waals surface area contributed by atoms with Crippen LogP contribution in [0.5, 0.6) is 0 Å². The first-order valence-electron chi connectivity index (χ1n) is 8.04. The summed E-state index contributed by atoms with van der Waals surface area (Å²) in [6, 6.07) is -0.259. The molecular weight excluding hydrogens is 252 g/mol. The number of hydrazine groups is 2. The Morgan fingerprint density at radius 2 is 2.05 bits per heavy atom. The molecule has 20 heavy (non-hydrogen) atoms. The molecule has 0 aromatic rings. The Balaban J connectivity index is 2.63. The van der Waals surface area contributed by atoms with Crippen LogP contribution in [-0.2, 0) is 0 Å². The number of urea groups is 1. The molecule has 0 aliphatic heterocycles. The molecule has 3 unspecified atom stereocenters. The molecule has 2 amide bonds. The SMILES string of the molecule is CCCCC1CCC(N(N)C(=O)NN)CC1CC(C)C. The number of carbonyl (C=O) groups is 1. The van der Waals surface area contributed by atoms with Gasteiger partial charge in [0.05, 0.1) is 6.04 Å². The number of hydrogen-bond donors (Lipinski definition) is 3. The fourth-order valence-corrected chi connectivity index (χ4v) is 3.54. The highest BCUT2D eigenvalue weighted by atomic mass is 16.2. The van der Waals surface area contributed by atoms with E-state index in [4.69, 9.17) is 11.7 Å². The van der Waals surface area contributed by atoms with Gasteiger partial charge in [0.25, 0.3) is 0 Å². The van der Waals surface area contributed by atoms with Crippen LogP contribution >= 0.6 is 0 Å². The van der Waals surface area contributed by atoms with E-state index in [2.05, 4.69) is 26.2 Å². The average Bonchev–Trinajstić information content (AvgIpc) is 2.43. The normalized spacial score (nSPS) is 26.6. The van der Waals surface area contributed by atoms with E-state index < -0.39 is 0 Å². The predicted octanol–water partition coefficient (Wildman–Crippen LogP) is 2.77. The van der Waals surface area contributed by atoms with Crippen molar-refractivity contribution in [1.82, 2.24) is 10.4 Å². The molecule has 1 aliphatic rings. The van der Waals surface area contributed by atoms with Crippen molar-refractivity contribution in [2.45, 2.75) is 71.8 Å². The van der Waals surface area contributed by atoms with E-state index >= 15 is 0 Å². The van der Waals surface area contributed by atoms with Crippen molar-refractivity contribution in [1.29, 1.82) is 0 Å². The van der Waals surface area contributed by atoms with Gasteiger partial charge in [-0.25, -0.2) is 16.5 Å². The molecule has 0 spiro atoms. The molecule has 1 fully saturated rings. The Bertz CT molecular complexity index is 296. The molecule has 0 saturated heterocycles. The lowest BCUT2D eigenvalue weighted by atomic mass is 9.71. The summed E-state index contributed by atoms with van der Waals surface area (Å²) < 4.78 is 0. The maximum atomic E-state index is 11.6. The number of nitrogens with one attached hydrogen (secondary N) is 1. The van der Waals surface area contributed by atoms with Gasteiger partial charge in [-0.15, -0.1) is 0 Å². The molecule has 0 aromatic heterocycles. The van der Waals surface area contributed by atoms with Gasteiger partial charge < -0.3 is 0 Å². The molecule has 3 atom stereocenters. The van der Waals surface area contributed by atoms with Gasteiger partial charge in [0.1, 0.15) is 0 Å². The molecule has 1 aliphatic carbocycles. The Hall–Kier alpha value is -0.810. The largest absolute Gasteiger partial charge is 0.345 e. The first-order valence-corrected chi connectivity index (χ1v) is 8.04. The van der Waals surface area contributed by atoms with Crippen LogP contribution in [0.15, 0.2) is 0 Å². The first-order chi connectivity index (χ1) is 9.49. The van der Waals surface area contributed by atoms with Crippen molar-refractivity contribution in [3.8, 4) is 0 Å². The maximum absolute atomic E-state index is 11.6. The minimum absolute atomic E-state index is 0.125. The summed E-state index contributed by atoms with van der Waals surface area (Å²) in [5, 5.41) is 1.30. The molecule has 0 heterocycles. The quantitative estimate of drug-likeness (QED) is 0.398. The van der Waals surface area contributed by atoms with Gasteiger partial charge in [0, 0.05) is 0 Å². The van der Waals surface area contributed by atoms with Crippen molar-refractivity contribution in [2.75, 3.05) is 0 Å². The summed E-state index contributed by atoms with van der Waals surface area (Å²) in [4.78, 5) is 11.6. The highest BCUT2D eigenvalue weighted by Gasteiger charge is 2.33. The van der Waals surface area contributed by atoms with Gasteiger partial charge in [-0.1, -0.05) is 40.0 Å². The van der Waals surface area contributed by atoms with E-state index in [0.717, 1.165) is 18.8 Å². The average molecular weight is 284 g/mol. The van der Waals surface area contributed by atoms with Crippen LogP contribution in [0, 0.1) is 17.8 Å². The fraction of sp³-hybridized carbons (Fsp3) is 0.933. The van der Waals surface area contributed by atoms with Crippen LogP contribution in [0.3, 0.4) is 0 Å². The number of amides is 2. The molecular formula is C15H32N4O. The predicted molar refractivity (Wildman–Crippen MR) is 82.3 cm³/mol. The Morgan fingerprint density at radius 1 is 1.35 bits per heavy atom. The standard InChI is InChI=1S/C15H32N4O/c1-4-5-6-12-7-8-14(19(17)15(20)18-16)10-13(12)9-11(2)3/h11-14H,4-10,16-17H2,1-3H3,(H,18,20). The van der Waals surface area contributed by atoms with Crippen molar-refractivity contribution in [2.24, 2.45) is 29.4 Å². The van der Waals surface area contributed by atoms with Crippen LogP contribution in [0.25, 0.3) is 0 Å². The summed E-state index contributed by atoms with van der Waals surface area (Å²) >= 11 is 0. The van der Waals surface area contributed by atoms with Crippen molar-refractivity contribution >= 4 is 6.03 Å². The monoisotopic (exact) mass is 284 g/mol. The van der Waals surface area contributed by atoms with Crippen LogP contribution in [0.2, 0.25) is 0 Å². The Kier molecular flexibility index (Phi) is 7.30. The van der Waals surface area contributed by atoms with Gasteiger partial charge >= 0.3 is 6.03 Å². The summed E-state index contributed by atoms with van der Waals surface area (Å²) in [6.45, 7) is 6.79. The van der Waals surface area contributed by atoms with Crippen molar-refractivity contribution in [3.63, 3.8) is 0 Å². The van der Waals surface area contributed by atoms with Crippen LogP contribution < -0.4 is 17.1 Å². The number of carbonyl (C=O) groups excluding carboxylic acids is 1. The topological polar surface area (TPSA) is 84.4 Å². The second-order valence-electron chi connectivity index (χ2n) is 6.62. The maximum Gasteiger partial charge on any atom is 0.345 e. The number of unbranched alkanes of at least 4 members (excludes halogenated alkanes) is 1. The lowest BCUT2D eigenvalue weighted by molar-refractivity contribution is 0.0968. The van der Waals surface area contributed by atoms with Crippen LogP contribution in [0.1, 0.15) is 65.7 Å². The van der Waals surface area contributed by atoms with E-state index in [1.807, 2.05) is 0 Å². The second-order valence-corrected chi connectivity index (χ2v) is 6.62. The highest BCUT2D eigenvalue weighted by Crippen LogP contribution is 2.38. The molecule has 5 nitrogen and oxygen atoms in total. The summed E-state index contributed by atoms with van der Waals surface area (Å²) in [6.07, 6.45) is 8.28. The minimum atomic E-state index is -0.384. The van der Waals surface area contributed by atoms with Crippen molar-refractivity contribution < 1.29 is 4.79 Å². The molecule has 1 saturated carbocycles. The number of rotatable bonds is 6. The van der Waals surface area contributed by atoms with E-state index in [9.17, 15) is 4.79 Å². The summed E-state index contributed by atoms with van der Waals surface area (Å²) in [7, 11) is 0. The first kappa shape index (κ1) is 17.2. The molecule has 0 aromatic carbocycles. The summed E-state index contributed by atoms with van der Waals surface area (Å²) in [5.41, 5.74) is 2.13. The van der Waals surface area contributed by atoms with Gasteiger partial charge in [-0.3, -0.25) is 10.4 Å². The fourth-order valence-electron chi connectivity index (χ4n) is 3.54. The second kappa shape index (κ2) is 8.47.